The maximum absolute atomic E-state index is 12.8. The molecule has 380 valence electrons. The van der Waals surface area contributed by atoms with Crippen LogP contribution in [0, 0.1) is 33.6 Å². The van der Waals surface area contributed by atoms with Crippen LogP contribution in [0.25, 0.3) is 0 Å². The second-order valence-electron chi connectivity index (χ2n) is 23.5. The number of thiol groups is 2. The van der Waals surface area contributed by atoms with Gasteiger partial charge >= 0.3 is 5.97 Å². The normalized spacial score (nSPS) is 12.2. The van der Waals surface area contributed by atoms with Crippen LogP contribution in [0.4, 0.5) is 0 Å². The van der Waals surface area contributed by atoms with Crippen LogP contribution in [0.15, 0.2) is 36.4 Å². The standard InChI is InChI=1S/C34H42O4S2.C25H42O3S/c1-17-13-27(33(5,6)7)29(35)19(3)23(17)15-25-21(31(37)39)11-12-22(32(38)40)26(25)16-24-18(2)14-28(34(8,9)10)30(36)20(24)4;1-18(2)12-10-9-11-13-28-22(26)17-29-16-19-14-20(24(3,4)5)23(27)21(15-19)25(6,7)8/h11-14,35-36H,15-16H2,1-10H3,(H,37,39)(H,38,40);14-15,18,27H,9-13,16-17H2,1-8H3. The summed E-state index contributed by atoms with van der Waals surface area (Å²) in [5, 5.41) is 32.3. The first-order valence-electron chi connectivity index (χ1n) is 24.5. The highest BCUT2D eigenvalue weighted by Gasteiger charge is 2.29. The third-order valence-electron chi connectivity index (χ3n) is 13.0. The Morgan fingerprint density at radius 3 is 1.29 bits per heavy atom. The van der Waals surface area contributed by atoms with Gasteiger partial charge in [0.25, 0.3) is 0 Å². The van der Waals surface area contributed by atoms with Crippen LogP contribution in [0.1, 0.15) is 216 Å². The molecule has 0 saturated carbocycles. The molecular weight excluding hydrogens is 917 g/mol. The van der Waals surface area contributed by atoms with Crippen molar-refractivity contribution in [3.8, 4) is 17.2 Å². The molecule has 7 nitrogen and oxygen atoms in total. The number of thioether (sulfide) groups is 1. The lowest BCUT2D eigenvalue weighted by atomic mass is 9.78. The molecule has 0 atom stereocenters. The number of unbranched alkanes of at least 4 members (excludes halogenated alkanes) is 2. The van der Waals surface area contributed by atoms with E-state index in [-0.39, 0.29) is 39.1 Å². The summed E-state index contributed by atoms with van der Waals surface area (Å²) in [6.45, 7) is 37.8. The molecule has 0 unspecified atom stereocenters. The van der Waals surface area contributed by atoms with Crippen molar-refractivity contribution < 1.29 is 34.4 Å². The summed E-state index contributed by atoms with van der Waals surface area (Å²) in [6, 6.07) is 11.4. The Morgan fingerprint density at radius 1 is 0.565 bits per heavy atom. The van der Waals surface area contributed by atoms with Gasteiger partial charge < -0.3 is 20.1 Å². The number of aryl methyl sites for hydroxylation is 2. The smallest absolute Gasteiger partial charge is 0.315 e. The molecule has 0 aromatic heterocycles. The molecule has 0 radical (unpaired) electrons. The van der Waals surface area contributed by atoms with Gasteiger partial charge in [-0.25, -0.2) is 0 Å². The van der Waals surface area contributed by atoms with Crippen LogP contribution >= 0.6 is 37.0 Å². The molecule has 0 aliphatic rings. The van der Waals surface area contributed by atoms with E-state index in [1.807, 2.05) is 39.8 Å². The van der Waals surface area contributed by atoms with Crippen molar-refractivity contribution in [2.45, 2.75) is 191 Å². The van der Waals surface area contributed by atoms with Crippen molar-refractivity contribution in [3.05, 3.63) is 120 Å². The Labute approximate surface area is 431 Å². The number of benzene rings is 4. The molecule has 0 bridgehead atoms. The van der Waals surface area contributed by atoms with Crippen molar-refractivity contribution in [2.24, 2.45) is 5.92 Å². The zero-order chi connectivity index (χ0) is 52.7. The minimum Gasteiger partial charge on any atom is -0.507 e. The number of esters is 1. The van der Waals surface area contributed by atoms with E-state index in [4.69, 9.17) is 4.74 Å². The topological polar surface area (TPSA) is 121 Å². The first kappa shape index (κ1) is 59.4. The molecule has 0 spiro atoms. The summed E-state index contributed by atoms with van der Waals surface area (Å²) in [5.74, 6) is 2.58. The fourth-order valence-corrected chi connectivity index (χ4v) is 9.97. The minimum atomic E-state index is -0.403. The first-order chi connectivity index (χ1) is 31.6. The van der Waals surface area contributed by atoms with Crippen molar-refractivity contribution >= 4 is 53.2 Å². The monoisotopic (exact) mass is 1000 g/mol. The highest BCUT2D eigenvalue weighted by atomic mass is 32.2. The predicted octanol–water partition coefficient (Wildman–Crippen LogP) is 15.2. The Balaban J connectivity index is 0.000000386. The van der Waals surface area contributed by atoms with E-state index in [0.717, 1.165) is 85.7 Å². The minimum absolute atomic E-state index is 0.135. The number of carbonyl (C=O) groups is 3. The SMILES string of the molecule is CC(C)CCCCCOC(=O)CSCc1cc(C(C)(C)C)c(O)c(C(C)(C)C)c1.Cc1cc(C(C)(C)C)c(O)c(C)c1Cc1c(C(=O)S)ccc(C(=O)S)c1Cc1c(C)cc(C(C)(C)C)c(O)c1C. The van der Waals surface area contributed by atoms with Crippen molar-refractivity contribution in [3.63, 3.8) is 0 Å². The molecule has 4 aromatic carbocycles. The lowest BCUT2D eigenvalue weighted by Crippen LogP contribution is -2.18. The second-order valence-corrected chi connectivity index (χ2v) is 25.3. The highest BCUT2D eigenvalue weighted by molar-refractivity contribution is 7.99. The van der Waals surface area contributed by atoms with Gasteiger partial charge in [-0.05, 0) is 159 Å². The van der Waals surface area contributed by atoms with Gasteiger partial charge in [-0.3, -0.25) is 14.4 Å². The van der Waals surface area contributed by atoms with E-state index in [0.29, 0.717) is 53.2 Å². The van der Waals surface area contributed by atoms with Crippen LogP contribution < -0.4 is 0 Å². The third kappa shape index (κ3) is 16.1. The molecular formula is C59H84O7S3. The summed E-state index contributed by atoms with van der Waals surface area (Å²) in [7, 11) is 0. The van der Waals surface area contributed by atoms with E-state index in [1.165, 1.54) is 12.8 Å². The fourth-order valence-electron chi connectivity index (χ4n) is 8.80. The molecule has 0 aliphatic carbocycles. The van der Waals surface area contributed by atoms with Gasteiger partial charge in [0.15, 0.2) is 0 Å². The molecule has 4 aromatic rings. The lowest BCUT2D eigenvalue weighted by molar-refractivity contribution is -0.140. The summed E-state index contributed by atoms with van der Waals surface area (Å²) in [4.78, 5) is 37.6. The van der Waals surface area contributed by atoms with Gasteiger partial charge in [0, 0.05) is 16.9 Å². The van der Waals surface area contributed by atoms with Crippen LogP contribution in [-0.2, 0) is 49.8 Å². The zero-order valence-corrected chi connectivity index (χ0v) is 47.8. The molecule has 0 fully saturated rings. The average Bonchev–Trinajstić information content (AvgIpc) is 3.20. The van der Waals surface area contributed by atoms with Crippen LogP contribution in [-0.4, -0.2) is 43.9 Å². The average molecular weight is 1000 g/mol. The van der Waals surface area contributed by atoms with Gasteiger partial charge in [-0.2, -0.15) is 0 Å². The van der Waals surface area contributed by atoms with E-state index in [1.54, 1.807) is 23.9 Å². The Bertz CT molecular complexity index is 2340. The Kier molecular flexibility index (Phi) is 20.7. The van der Waals surface area contributed by atoms with Crippen LogP contribution in [0.2, 0.25) is 0 Å². The Morgan fingerprint density at radius 2 is 0.942 bits per heavy atom. The molecule has 0 aliphatic heterocycles. The molecule has 0 amide bonds. The molecule has 10 heteroatoms. The summed E-state index contributed by atoms with van der Waals surface area (Å²) < 4.78 is 5.36. The van der Waals surface area contributed by atoms with Gasteiger partial charge in [-0.1, -0.05) is 140 Å². The molecule has 69 heavy (non-hydrogen) atoms. The van der Waals surface area contributed by atoms with Gasteiger partial charge in [-0.15, -0.1) is 37.0 Å². The maximum Gasteiger partial charge on any atom is 0.315 e. The summed E-state index contributed by atoms with van der Waals surface area (Å²) >= 11 is 9.93. The van der Waals surface area contributed by atoms with Crippen molar-refractivity contribution in [2.75, 3.05) is 12.4 Å². The number of hydrogen-bond donors (Lipinski definition) is 5. The first-order valence-corrected chi connectivity index (χ1v) is 26.5. The summed E-state index contributed by atoms with van der Waals surface area (Å²) in [6.07, 6.45) is 5.17. The van der Waals surface area contributed by atoms with E-state index >= 15 is 0 Å². The number of rotatable bonds is 16. The molecule has 0 saturated heterocycles. The highest BCUT2D eigenvalue weighted by Crippen LogP contribution is 2.42. The number of carbonyl (C=O) groups excluding carboxylic acids is 3. The largest absolute Gasteiger partial charge is 0.507 e. The fraction of sp³-hybridized carbons (Fsp3) is 0.542. The van der Waals surface area contributed by atoms with Gasteiger partial charge in [0.05, 0.1) is 12.4 Å². The Hall–Kier alpha value is -3.86. The number of phenols is 3. The van der Waals surface area contributed by atoms with Crippen LogP contribution in [0.5, 0.6) is 17.2 Å². The van der Waals surface area contributed by atoms with Gasteiger partial charge in [0.1, 0.15) is 17.2 Å². The van der Waals surface area contributed by atoms with E-state index < -0.39 is 10.2 Å². The van der Waals surface area contributed by atoms with E-state index in [9.17, 15) is 29.7 Å². The maximum atomic E-state index is 12.8. The number of hydrogen-bond acceptors (Lipinski definition) is 8. The summed E-state index contributed by atoms with van der Waals surface area (Å²) in [5.41, 5.74) is 11.4. The quantitative estimate of drug-likeness (QED) is 0.0428. The molecule has 3 N–H and O–H groups in total. The third-order valence-corrected chi connectivity index (χ3v) is 14.4. The zero-order valence-electron chi connectivity index (χ0n) is 45.2. The van der Waals surface area contributed by atoms with Crippen LogP contribution in [0.3, 0.4) is 0 Å². The number of ether oxygens (including phenoxy) is 1. The second kappa shape index (κ2) is 24.0. The molecule has 0 heterocycles. The van der Waals surface area contributed by atoms with Crippen molar-refractivity contribution in [1.82, 2.24) is 0 Å². The predicted molar refractivity (Wildman–Crippen MR) is 297 cm³/mol. The van der Waals surface area contributed by atoms with Gasteiger partial charge in [0.2, 0.25) is 10.2 Å². The number of phenolic OH excluding ortho intramolecular Hbond substituents is 3. The molecule has 4 rings (SSSR count). The van der Waals surface area contributed by atoms with E-state index in [2.05, 4.69) is 134 Å². The lowest BCUT2D eigenvalue weighted by Gasteiger charge is -2.28. The van der Waals surface area contributed by atoms with Crippen molar-refractivity contribution in [1.29, 1.82) is 0 Å². The number of aromatic hydroxyl groups is 3.